The Hall–Kier alpha value is -4.38. The van der Waals surface area contributed by atoms with Crippen molar-refractivity contribution in [1.82, 2.24) is 0 Å². The van der Waals surface area contributed by atoms with E-state index in [0.29, 0.717) is 16.9 Å². The third kappa shape index (κ3) is 5.08. The van der Waals surface area contributed by atoms with Crippen LogP contribution in [0.5, 0.6) is 17.2 Å². The highest BCUT2D eigenvalue weighted by atomic mass is 16.6. The first-order valence-electron chi connectivity index (χ1n) is 8.37. The SMILES string of the molecule is N#Cc1ccc(Oc2cc(OCc3cccc([N+](=O)[O-])c3)cc(C(=O)O)c2)cc1. The average molecular weight is 390 g/mol. The summed E-state index contributed by atoms with van der Waals surface area (Å²) < 4.78 is 11.3. The number of nitrogens with zero attached hydrogens (tertiary/aromatic N) is 2. The van der Waals surface area contributed by atoms with Crippen LogP contribution in [0.15, 0.2) is 66.7 Å². The van der Waals surface area contributed by atoms with E-state index >= 15 is 0 Å². The van der Waals surface area contributed by atoms with Crippen molar-refractivity contribution in [2.24, 2.45) is 0 Å². The number of aromatic carboxylic acids is 1. The smallest absolute Gasteiger partial charge is 0.335 e. The van der Waals surface area contributed by atoms with Crippen molar-refractivity contribution in [2.45, 2.75) is 6.61 Å². The molecule has 0 unspecified atom stereocenters. The maximum atomic E-state index is 11.4. The number of ether oxygens (including phenoxy) is 2. The Bertz CT molecular complexity index is 1100. The van der Waals surface area contributed by atoms with E-state index in [1.54, 1.807) is 36.4 Å². The van der Waals surface area contributed by atoms with Crippen LogP contribution < -0.4 is 9.47 Å². The van der Waals surface area contributed by atoms with Gasteiger partial charge in [-0.05, 0) is 42.0 Å². The minimum atomic E-state index is -1.16. The van der Waals surface area contributed by atoms with Gasteiger partial charge in [0.2, 0.25) is 0 Å². The highest BCUT2D eigenvalue weighted by Crippen LogP contribution is 2.28. The molecule has 1 N–H and O–H groups in total. The fraction of sp³-hybridized carbons (Fsp3) is 0.0476. The normalized spacial score (nSPS) is 10.0. The van der Waals surface area contributed by atoms with Crippen LogP contribution >= 0.6 is 0 Å². The summed E-state index contributed by atoms with van der Waals surface area (Å²) in [6.07, 6.45) is 0. The maximum absolute atomic E-state index is 11.4. The van der Waals surface area contributed by atoms with Crippen LogP contribution in [0.1, 0.15) is 21.5 Å². The van der Waals surface area contributed by atoms with Gasteiger partial charge in [0.1, 0.15) is 23.9 Å². The van der Waals surface area contributed by atoms with Crippen molar-refractivity contribution in [3.63, 3.8) is 0 Å². The molecule has 0 heterocycles. The fourth-order valence-electron chi connectivity index (χ4n) is 2.50. The minimum absolute atomic E-state index is 0.0149. The molecule has 0 atom stereocenters. The quantitative estimate of drug-likeness (QED) is 0.464. The molecule has 3 rings (SSSR count). The number of carboxylic acid groups (broad SMARTS) is 1. The number of nitro groups is 1. The molecular weight excluding hydrogens is 376 g/mol. The molecule has 3 aromatic carbocycles. The van der Waals surface area contributed by atoms with Gasteiger partial charge in [0.05, 0.1) is 22.1 Å². The average Bonchev–Trinajstić information content (AvgIpc) is 2.73. The number of carboxylic acids is 1. The van der Waals surface area contributed by atoms with Crippen LogP contribution in [-0.2, 0) is 6.61 Å². The molecule has 0 amide bonds. The van der Waals surface area contributed by atoms with Crippen LogP contribution in [0, 0.1) is 21.4 Å². The molecule has 0 saturated heterocycles. The lowest BCUT2D eigenvalue weighted by molar-refractivity contribution is -0.384. The standard InChI is InChI=1S/C21H14N2O6/c22-12-14-4-6-18(7-5-14)29-20-10-16(21(24)25)9-19(11-20)28-13-15-2-1-3-17(8-15)23(26)27/h1-11H,13H2,(H,24,25). The van der Waals surface area contributed by atoms with Crippen LogP contribution in [0.3, 0.4) is 0 Å². The number of hydrogen-bond acceptors (Lipinski definition) is 6. The number of hydrogen-bond donors (Lipinski definition) is 1. The maximum Gasteiger partial charge on any atom is 0.335 e. The molecule has 8 nitrogen and oxygen atoms in total. The van der Waals surface area contributed by atoms with Gasteiger partial charge in [-0.3, -0.25) is 10.1 Å². The summed E-state index contributed by atoms with van der Waals surface area (Å²) in [6, 6.07) is 18.5. The van der Waals surface area contributed by atoms with E-state index in [-0.39, 0.29) is 29.4 Å². The number of rotatable bonds is 7. The van der Waals surface area contributed by atoms with Crippen LogP contribution in [0.25, 0.3) is 0 Å². The van der Waals surface area contributed by atoms with Crippen molar-refractivity contribution in [1.29, 1.82) is 5.26 Å². The van der Waals surface area contributed by atoms with Gasteiger partial charge in [-0.25, -0.2) is 4.79 Å². The summed E-state index contributed by atoms with van der Waals surface area (Å²) >= 11 is 0. The molecule has 0 fully saturated rings. The Labute approximate surface area is 165 Å². The van der Waals surface area contributed by atoms with Gasteiger partial charge in [-0.15, -0.1) is 0 Å². The second-order valence-electron chi connectivity index (χ2n) is 5.95. The van der Waals surface area contributed by atoms with Gasteiger partial charge in [-0.2, -0.15) is 5.26 Å². The summed E-state index contributed by atoms with van der Waals surface area (Å²) in [5, 5.41) is 29.0. The number of carbonyl (C=O) groups is 1. The lowest BCUT2D eigenvalue weighted by Crippen LogP contribution is -2.01. The Morgan fingerprint density at radius 3 is 2.41 bits per heavy atom. The van der Waals surface area contributed by atoms with Crippen molar-refractivity contribution in [3.05, 3.63) is 93.5 Å². The van der Waals surface area contributed by atoms with Crippen molar-refractivity contribution in [2.75, 3.05) is 0 Å². The molecule has 29 heavy (non-hydrogen) atoms. The summed E-state index contributed by atoms with van der Waals surface area (Å²) in [5.74, 6) is -0.254. The molecule has 0 aliphatic carbocycles. The van der Waals surface area contributed by atoms with Gasteiger partial charge in [0, 0.05) is 18.2 Å². The Balaban J connectivity index is 1.81. The molecule has 0 aliphatic heterocycles. The first kappa shape index (κ1) is 19.4. The highest BCUT2D eigenvalue weighted by molar-refractivity contribution is 5.88. The molecule has 0 bridgehead atoms. The largest absolute Gasteiger partial charge is 0.489 e. The second kappa shape index (κ2) is 8.54. The molecule has 0 aromatic heterocycles. The topological polar surface area (TPSA) is 123 Å². The Morgan fingerprint density at radius 2 is 1.76 bits per heavy atom. The minimum Gasteiger partial charge on any atom is -0.489 e. The molecule has 3 aromatic rings. The highest BCUT2D eigenvalue weighted by Gasteiger charge is 2.11. The molecule has 0 radical (unpaired) electrons. The summed E-state index contributed by atoms with van der Waals surface area (Å²) in [6.45, 7) is 0.0149. The van der Waals surface area contributed by atoms with Gasteiger partial charge in [0.25, 0.3) is 5.69 Å². The molecule has 144 valence electrons. The first-order valence-corrected chi connectivity index (χ1v) is 8.37. The lowest BCUT2D eigenvalue weighted by Gasteiger charge is -2.11. The number of benzene rings is 3. The van der Waals surface area contributed by atoms with E-state index in [1.807, 2.05) is 6.07 Å². The lowest BCUT2D eigenvalue weighted by atomic mass is 10.2. The fourth-order valence-corrected chi connectivity index (χ4v) is 2.50. The van der Waals surface area contributed by atoms with Gasteiger partial charge >= 0.3 is 5.97 Å². The second-order valence-corrected chi connectivity index (χ2v) is 5.95. The van der Waals surface area contributed by atoms with E-state index in [0.717, 1.165) is 0 Å². The van der Waals surface area contributed by atoms with Crippen LogP contribution in [-0.4, -0.2) is 16.0 Å². The van der Waals surface area contributed by atoms with Crippen LogP contribution in [0.2, 0.25) is 0 Å². The predicted octanol–water partition coefficient (Wildman–Crippen LogP) is 4.54. The van der Waals surface area contributed by atoms with E-state index < -0.39 is 10.9 Å². The van der Waals surface area contributed by atoms with Gasteiger partial charge in [0.15, 0.2) is 0 Å². The van der Waals surface area contributed by atoms with E-state index in [4.69, 9.17) is 14.7 Å². The van der Waals surface area contributed by atoms with Gasteiger partial charge in [-0.1, -0.05) is 12.1 Å². The van der Waals surface area contributed by atoms with Gasteiger partial charge < -0.3 is 14.6 Å². The zero-order chi connectivity index (χ0) is 20.8. The summed E-state index contributed by atoms with van der Waals surface area (Å²) in [5.41, 5.74) is 0.938. The predicted molar refractivity (Wildman–Crippen MR) is 102 cm³/mol. The molecule has 0 saturated carbocycles. The van der Waals surface area contributed by atoms with E-state index in [9.17, 15) is 20.0 Å². The first-order chi connectivity index (χ1) is 13.9. The van der Waals surface area contributed by atoms with Crippen molar-refractivity contribution in [3.8, 4) is 23.3 Å². The Kier molecular flexibility index (Phi) is 5.71. The van der Waals surface area contributed by atoms with E-state index in [2.05, 4.69) is 0 Å². The van der Waals surface area contributed by atoms with Crippen molar-refractivity contribution < 1.29 is 24.3 Å². The van der Waals surface area contributed by atoms with Crippen LogP contribution in [0.4, 0.5) is 5.69 Å². The third-order valence-electron chi connectivity index (χ3n) is 3.87. The number of non-ortho nitro benzene ring substituents is 1. The zero-order valence-corrected chi connectivity index (χ0v) is 14.9. The zero-order valence-electron chi connectivity index (χ0n) is 14.9. The number of nitriles is 1. The summed E-state index contributed by atoms with van der Waals surface area (Å²) in [7, 11) is 0. The monoisotopic (exact) mass is 390 g/mol. The van der Waals surface area contributed by atoms with Crippen molar-refractivity contribution >= 4 is 11.7 Å². The Morgan fingerprint density at radius 1 is 1.03 bits per heavy atom. The third-order valence-corrected chi connectivity index (χ3v) is 3.87. The molecule has 8 heteroatoms. The number of nitro benzene ring substituents is 1. The summed E-state index contributed by atoms with van der Waals surface area (Å²) in [4.78, 5) is 21.8. The van der Waals surface area contributed by atoms with E-state index in [1.165, 1.54) is 30.3 Å². The molecular formula is C21H14N2O6. The molecule has 0 aliphatic rings. The molecule has 0 spiro atoms.